The summed E-state index contributed by atoms with van der Waals surface area (Å²) in [7, 11) is -3.77. The van der Waals surface area contributed by atoms with Crippen LogP contribution >= 0.6 is 0 Å². The number of morpholine rings is 1. The Morgan fingerprint density at radius 1 is 1.20 bits per heavy atom. The summed E-state index contributed by atoms with van der Waals surface area (Å²) < 4.78 is 33.6. The smallest absolute Gasteiger partial charge is 0.262 e. The monoisotopic (exact) mass is 430 g/mol. The van der Waals surface area contributed by atoms with Gasteiger partial charge in [-0.15, -0.1) is 0 Å². The fraction of sp³-hybridized carbons (Fsp3) is 0.300. The van der Waals surface area contributed by atoms with E-state index in [9.17, 15) is 18.5 Å². The van der Waals surface area contributed by atoms with Crippen LogP contribution in [0.15, 0.2) is 51.3 Å². The lowest BCUT2D eigenvalue weighted by molar-refractivity contribution is -0.117. The second-order valence-corrected chi connectivity index (χ2v) is 8.21. The number of ether oxygens (including phenoxy) is 1. The average Bonchev–Trinajstić information content (AvgIpc) is 3.21. The van der Waals surface area contributed by atoms with E-state index in [1.54, 1.807) is 24.3 Å². The maximum atomic E-state index is 12.3. The zero-order valence-corrected chi connectivity index (χ0v) is 17.0. The molecule has 0 radical (unpaired) electrons. The largest absolute Gasteiger partial charge is 0.457 e. The van der Waals surface area contributed by atoms with Crippen LogP contribution in [0, 0.1) is 11.3 Å². The number of furan rings is 1. The molecule has 0 bridgehead atoms. The van der Waals surface area contributed by atoms with Gasteiger partial charge in [-0.1, -0.05) is 0 Å². The highest BCUT2D eigenvalue weighted by atomic mass is 32.2. The molecule has 2 aromatic rings. The highest BCUT2D eigenvalue weighted by molar-refractivity contribution is 7.89. The lowest BCUT2D eigenvalue weighted by Crippen LogP contribution is -2.41. The normalized spacial score (nSPS) is 15.5. The number of hydrogen-bond acceptors (Lipinski definition) is 7. The predicted molar refractivity (Wildman–Crippen MR) is 109 cm³/mol. The average molecular weight is 430 g/mol. The third-order valence-corrected chi connectivity index (χ3v) is 5.49. The number of carbonyl (C=O) groups is 1. The van der Waals surface area contributed by atoms with Gasteiger partial charge in [0.15, 0.2) is 0 Å². The number of nitrogens with one attached hydrogen (secondary N) is 1. The molecular formula is C20H22N4O5S. The maximum absolute atomic E-state index is 12.3. The number of sulfonamides is 1. The van der Waals surface area contributed by atoms with Gasteiger partial charge in [0.05, 0.1) is 18.1 Å². The Bertz CT molecular complexity index is 1060. The Morgan fingerprint density at radius 3 is 2.53 bits per heavy atom. The van der Waals surface area contributed by atoms with E-state index in [4.69, 9.17) is 14.3 Å². The Balaban J connectivity index is 1.62. The van der Waals surface area contributed by atoms with Crippen LogP contribution in [-0.4, -0.2) is 58.6 Å². The first-order valence-corrected chi connectivity index (χ1v) is 10.8. The highest BCUT2D eigenvalue weighted by Gasteiger charge is 2.14. The molecule has 9 nitrogen and oxygen atoms in total. The number of primary sulfonamides is 1. The standard InChI is InChI=1S/C20H22N4O5S/c21-14-16(20(25)23-7-8-24-9-11-28-12-10-24)13-17-3-6-19(29-17)15-1-4-18(5-2-15)30(22,26)27/h1-6,13H,7-12H2,(H,23,25)(H2,22,26,27)/b16-13+. The third-order valence-electron chi connectivity index (χ3n) is 4.56. The van der Waals surface area contributed by atoms with E-state index in [-0.39, 0.29) is 10.5 Å². The topological polar surface area (TPSA) is 139 Å². The summed E-state index contributed by atoms with van der Waals surface area (Å²) in [6.45, 7) is 4.13. The predicted octanol–water partition coefficient (Wildman–Crippen LogP) is 0.949. The van der Waals surface area contributed by atoms with Crippen LogP contribution in [0.1, 0.15) is 5.76 Å². The van der Waals surface area contributed by atoms with Gasteiger partial charge < -0.3 is 14.5 Å². The number of hydrogen-bond donors (Lipinski definition) is 2. The number of rotatable bonds is 7. The molecule has 30 heavy (non-hydrogen) atoms. The number of nitrogens with zero attached hydrogens (tertiary/aromatic N) is 2. The lowest BCUT2D eigenvalue weighted by atomic mass is 10.2. The minimum absolute atomic E-state index is 0.00144. The first-order chi connectivity index (χ1) is 14.4. The van der Waals surface area contributed by atoms with Crippen LogP contribution in [-0.2, 0) is 19.6 Å². The molecule has 158 valence electrons. The van der Waals surface area contributed by atoms with Crippen LogP contribution < -0.4 is 10.5 Å². The molecule has 1 fully saturated rings. The Morgan fingerprint density at radius 2 is 1.90 bits per heavy atom. The maximum Gasteiger partial charge on any atom is 0.262 e. The van der Waals surface area contributed by atoms with Gasteiger partial charge in [-0.05, 0) is 36.4 Å². The van der Waals surface area contributed by atoms with Crippen molar-refractivity contribution < 1.29 is 22.4 Å². The summed E-state index contributed by atoms with van der Waals surface area (Å²) in [6.07, 6.45) is 1.37. The Kier molecular flexibility index (Phi) is 7.02. The SMILES string of the molecule is N#C/C(=C\c1ccc(-c2ccc(S(N)(=O)=O)cc2)o1)C(=O)NCCN1CCOCC1. The molecule has 3 rings (SSSR count). The number of amides is 1. The van der Waals surface area contributed by atoms with Crippen molar-refractivity contribution in [3.63, 3.8) is 0 Å². The lowest BCUT2D eigenvalue weighted by Gasteiger charge is -2.26. The molecular weight excluding hydrogens is 408 g/mol. The summed E-state index contributed by atoms with van der Waals surface area (Å²) in [5, 5.41) is 17.1. The molecule has 1 saturated heterocycles. The molecule has 3 N–H and O–H groups in total. The molecule has 1 amide bonds. The molecule has 0 saturated carbocycles. The molecule has 0 atom stereocenters. The van der Waals surface area contributed by atoms with Gasteiger partial charge in [0.1, 0.15) is 23.2 Å². The van der Waals surface area contributed by atoms with Gasteiger partial charge in [0.2, 0.25) is 10.0 Å². The zero-order valence-electron chi connectivity index (χ0n) is 16.2. The summed E-state index contributed by atoms with van der Waals surface area (Å²) >= 11 is 0. The van der Waals surface area contributed by atoms with Crippen molar-refractivity contribution in [3.8, 4) is 17.4 Å². The van der Waals surface area contributed by atoms with Gasteiger partial charge >= 0.3 is 0 Å². The van der Waals surface area contributed by atoms with Crippen molar-refractivity contribution in [1.82, 2.24) is 10.2 Å². The second-order valence-electron chi connectivity index (χ2n) is 6.65. The van der Waals surface area contributed by atoms with Gasteiger partial charge in [-0.25, -0.2) is 13.6 Å². The van der Waals surface area contributed by atoms with E-state index in [0.717, 1.165) is 13.1 Å². The van der Waals surface area contributed by atoms with E-state index >= 15 is 0 Å². The molecule has 1 aliphatic heterocycles. The van der Waals surface area contributed by atoms with Gasteiger partial charge in [0, 0.05) is 37.8 Å². The van der Waals surface area contributed by atoms with Crippen LogP contribution in [0.3, 0.4) is 0 Å². The molecule has 0 aliphatic carbocycles. The molecule has 0 unspecified atom stereocenters. The summed E-state index contributed by atoms with van der Waals surface area (Å²) in [5.74, 6) is 0.328. The molecule has 2 heterocycles. The van der Waals surface area contributed by atoms with Crippen molar-refractivity contribution in [2.45, 2.75) is 4.90 Å². The van der Waals surface area contributed by atoms with Gasteiger partial charge in [0.25, 0.3) is 5.91 Å². The number of nitrogens with two attached hydrogens (primary N) is 1. The molecule has 10 heteroatoms. The molecule has 1 aromatic heterocycles. The van der Waals surface area contributed by atoms with Crippen LogP contribution in [0.4, 0.5) is 0 Å². The Labute approximate surface area is 174 Å². The van der Waals surface area contributed by atoms with Crippen molar-refractivity contribution in [3.05, 3.63) is 47.7 Å². The minimum Gasteiger partial charge on any atom is -0.457 e. The van der Waals surface area contributed by atoms with Crippen LogP contribution in [0.25, 0.3) is 17.4 Å². The zero-order chi connectivity index (χ0) is 21.6. The Hall–Kier alpha value is -2.97. The second kappa shape index (κ2) is 9.69. The number of benzene rings is 1. The van der Waals surface area contributed by atoms with Gasteiger partial charge in [-0.3, -0.25) is 9.69 Å². The van der Waals surface area contributed by atoms with Gasteiger partial charge in [-0.2, -0.15) is 5.26 Å². The van der Waals surface area contributed by atoms with E-state index in [0.29, 0.717) is 43.4 Å². The van der Waals surface area contributed by atoms with Crippen molar-refractivity contribution >= 4 is 22.0 Å². The van der Waals surface area contributed by atoms with Crippen LogP contribution in [0.2, 0.25) is 0 Å². The van der Waals surface area contributed by atoms with Crippen LogP contribution in [0.5, 0.6) is 0 Å². The molecule has 1 aromatic carbocycles. The summed E-state index contributed by atoms with van der Waals surface area (Å²) in [5.41, 5.74) is 0.568. The fourth-order valence-electron chi connectivity index (χ4n) is 2.93. The number of nitriles is 1. The quantitative estimate of drug-likeness (QED) is 0.492. The van der Waals surface area contributed by atoms with Crippen molar-refractivity contribution in [2.24, 2.45) is 5.14 Å². The highest BCUT2D eigenvalue weighted by Crippen LogP contribution is 2.24. The molecule has 0 spiro atoms. The van der Waals surface area contributed by atoms with Crippen molar-refractivity contribution in [2.75, 3.05) is 39.4 Å². The third kappa shape index (κ3) is 5.77. The first-order valence-electron chi connectivity index (χ1n) is 9.30. The van der Waals surface area contributed by atoms with E-state index in [1.807, 2.05) is 6.07 Å². The molecule has 1 aliphatic rings. The first kappa shape index (κ1) is 21.7. The minimum atomic E-state index is -3.77. The van der Waals surface area contributed by atoms with Crippen molar-refractivity contribution in [1.29, 1.82) is 5.26 Å². The number of carbonyl (C=O) groups excluding carboxylic acids is 1. The van der Waals surface area contributed by atoms with E-state index in [2.05, 4.69) is 10.2 Å². The fourth-order valence-corrected chi connectivity index (χ4v) is 3.45. The van der Waals surface area contributed by atoms with E-state index in [1.165, 1.54) is 18.2 Å². The van der Waals surface area contributed by atoms with E-state index < -0.39 is 15.9 Å². The summed E-state index contributed by atoms with van der Waals surface area (Å²) in [4.78, 5) is 14.5. The summed E-state index contributed by atoms with van der Waals surface area (Å²) in [6, 6.07) is 11.1.